The van der Waals surface area contributed by atoms with Crippen LogP contribution in [0.15, 0.2) is 39.5 Å². The van der Waals surface area contributed by atoms with Gasteiger partial charge in [-0.15, -0.1) is 0 Å². The fraction of sp³-hybridized carbons (Fsp3) is 0.0833. The molecule has 0 radical (unpaired) electrons. The second-order valence-corrected chi connectivity index (χ2v) is 5.35. The summed E-state index contributed by atoms with van der Waals surface area (Å²) in [7, 11) is 0. The van der Waals surface area contributed by atoms with E-state index < -0.39 is 0 Å². The minimum atomic E-state index is 0.671. The van der Waals surface area contributed by atoms with Crippen LogP contribution >= 0.6 is 31.9 Å². The zero-order chi connectivity index (χ0) is 12.4. The number of aromatic nitrogens is 1. The van der Waals surface area contributed by atoms with Gasteiger partial charge in [-0.25, -0.2) is 0 Å². The molecule has 2 aromatic rings. The van der Waals surface area contributed by atoms with Crippen molar-refractivity contribution in [1.29, 1.82) is 0 Å². The lowest BCUT2D eigenvalue weighted by atomic mass is 10.2. The summed E-state index contributed by atoms with van der Waals surface area (Å²) in [4.78, 5) is 4.04. The zero-order valence-electron chi connectivity index (χ0n) is 9.08. The van der Waals surface area contributed by atoms with Gasteiger partial charge in [0, 0.05) is 16.4 Å². The molecular formula is C12H10Br2N2O. The Morgan fingerprint density at radius 1 is 1.18 bits per heavy atom. The van der Waals surface area contributed by atoms with E-state index in [1.165, 1.54) is 0 Å². The smallest absolute Gasteiger partial charge is 0.146 e. The van der Waals surface area contributed by atoms with Crippen LogP contribution in [0.4, 0.5) is 5.69 Å². The molecule has 3 nitrogen and oxygen atoms in total. The van der Waals surface area contributed by atoms with Gasteiger partial charge in [0.05, 0.1) is 10.7 Å². The van der Waals surface area contributed by atoms with Crippen LogP contribution in [-0.2, 0) is 0 Å². The molecule has 0 bridgehead atoms. The molecule has 0 spiro atoms. The van der Waals surface area contributed by atoms with Crippen LogP contribution in [0.3, 0.4) is 0 Å². The van der Waals surface area contributed by atoms with E-state index in [0.29, 0.717) is 5.75 Å². The largest absolute Gasteiger partial charge is 0.455 e. The highest BCUT2D eigenvalue weighted by Crippen LogP contribution is 2.33. The number of nitrogen functional groups attached to an aromatic ring is 1. The fourth-order valence-electron chi connectivity index (χ4n) is 1.32. The Morgan fingerprint density at radius 3 is 2.65 bits per heavy atom. The first-order valence-corrected chi connectivity index (χ1v) is 6.49. The number of halogens is 2. The maximum atomic E-state index is 5.80. The number of ether oxygens (including phenoxy) is 1. The first-order valence-electron chi connectivity index (χ1n) is 4.90. The summed E-state index contributed by atoms with van der Waals surface area (Å²) in [6, 6.07) is 5.57. The van der Waals surface area contributed by atoms with E-state index in [1.54, 1.807) is 12.4 Å². The molecule has 0 aliphatic rings. The molecule has 0 aliphatic heterocycles. The number of benzene rings is 1. The molecule has 0 aliphatic carbocycles. The molecule has 1 aromatic carbocycles. The van der Waals surface area contributed by atoms with Gasteiger partial charge in [0.15, 0.2) is 0 Å². The maximum absolute atomic E-state index is 5.80. The van der Waals surface area contributed by atoms with Crippen LogP contribution in [0, 0.1) is 6.92 Å². The molecule has 1 heterocycles. The second-order valence-electron chi connectivity index (χ2n) is 3.58. The molecule has 0 fully saturated rings. The Labute approximate surface area is 116 Å². The summed E-state index contributed by atoms with van der Waals surface area (Å²) >= 11 is 6.77. The number of nitrogens with zero attached hydrogens (tertiary/aromatic N) is 1. The molecule has 2 N–H and O–H groups in total. The van der Waals surface area contributed by atoms with Crippen LogP contribution in [0.25, 0.3) is 0 Å². The Kier molecular flexibility index (Phi) is 3.69. The van der Waals surface area contributed by atoms with E-state index in [1.807, 2.05) is 25.1 Å². The molecule has 0 atom stereocenters. The highest BCUT2D eigenvalue weighted by Gasteiger charge is 2.06. The predicted octanol–water partition coefficient (Wildman–Crippen LogP) is 4.29. The van der Waals surface area contributed by atoms with E-state index in [4.69, 9.17) is 10.5 Å². The van der Waals surface area contributed by atoms with Gasteiger partial charge in [-0.05, 0) is 62.5 Å². The van der Waals surface area contributed by atoms with Crippen molar-refractivity contribution < 1.29 is 4.74 Å². The van der Waals surface area contributed by atoms with Crippen molar-refractivity contribution in [2.75, 3.05) is 5.73 Å². The summed E-state index contributed by atoms with van der Waals surface area (Å²) in [5.74, 6) is 1.39. The lowest BCUT2D eigenvalue weighted by Crippen LogP contribution is -1.92. The van der Waals surface area contributed by atoms with E-state index in [9.17, 15) is 0 Å². The topological polar surface area (TPSA) is 48.1 Å². The van der Waals surface area contributed by atoms with Gasteiger partial charge in [-0.2, -0.15) is 0 Å². The van der Waals surface area contributed by atoms with Crippen LogP contribution in [0.1, 0.15) is 5.56 Å². The van der Waals surface area contributed by atoms with Crippen molar-refractivity contribution in [2.24, 2.45) is 0 Å². The molecule has 5 heteroatoms. The molecule has 1 aromatic heterocycles. The van der Waals surface area contributed by atoms with E-state index in [-0.39, 0.29) is 0 Å². The Balaban J connectivity index is 2.33. The molecule has 88 valence electrons. The molecule has 0 saturated heterocycles. The first kappa shape index (κ1) is 12.4. The van der Waals surface area contributed by atoms with Crippen LogP contribution in [0.2, 0.25) is 0 Å². The predicted molar refractivity (Wildman–Crippen MR) is 75.3 cm³/mol. The van der Waals surface area contributed by atoms with Crippen molar-refractivity contribution in [1.82, 2.24) is 4.98 Å². The van der Waals surface area contributed by atoms with Gasteiger partial charge in [0.2, 0.25) is 0 Å². The summed E-state index contributed by atoms with van der Waals surface area (Å²) in [5, 5.41) is 0. The van der Waals surface area contributed by atoms with Crippen LogP contribution in [0.5, 0.6) is 11.5 Å². The molecule has 2 rings (SSSR count). The molecule has 0 unspecified atom stereocenters. The maximum Gasteiger partial charge on any atom is 0.146 e. The number of hydrogen-bond acceptors (Lipinski definition) is 3. The Bertz CT molecular complexity index is 558. The van der Waals surface area contributed by atoms with Gasteiger partial charge in [0.25, 0.3) is 0 Å². The van der Waals surface area contributed by atoms with Crippen molar-refractivity contribution in [3.8, 4) is 11.5 Å². The SMILES string of the molecule is Cc1cc(Oc2cncc(Br)c2)c(Br)cc1N. The quantitative estimate of drug-likeness (QED) is 0.815. The monoisotopic (exact) mass is 356 g/mol. The van der Waals surface area contributed by atoms with Gasteiger partial charge in [0.1, 0.15) is 11.5 Å². The van der Waals surface area contributed by atoms with Gasteiger partial charge in [-0.3, -0.25) is 4.98 Å². The third-order valence-electron chi connectivity index (χ3n) is 2.23. The Hall–Kier alpha value is -1.07. The normalized spacial score (nSPS) is 10.3. The lowest BCUT2D eigenvalue weighted by Gasteiger charge is -2.10. The van der Waals surface area contributed by atoms with E-state index in [0.717, 1.165) is 25.9 Å². The minimum Gasteiger partial charge on any atom is -0.455 e. The van der Waals surface area contributed by atoms with Gasteiger partial charge < -0.3 is 10.5 Å². The van der Waals surface area contributed by atoms with E-state index in [2.05, 4.69) is 36.8 Å². The number of aryl methyl sites for hydroxylation is 1. The summed E-state index contributed by atoms with van der Waals surface area (Å²) < 4.78 is 7.42. The summed E-state index contributed by atoms with van der Waals surface area (Å²) in [5.41, 5.74) is 7.51. The summed E-state index contributed by atoms with van der Waals surface area (Å²) in [6.07, 6.45) is 3.36. The average Bonchev–Trinajstić information content (AvgIpc) is 2.26. The number of nitrogens with two attached hydrogens (primary N) is 1. The molecular weight excluding hydrogens is 348 g/mol. The third kappa shape index (κ3) is 2.98. The lowest BCUT2D eigenvalue weighted by molar-refractivity contribution is 0.476. The fourth-order valence-corrected chi connectivity index (χ4v) is 2.11. The highest BCUT2D eigenvalue weighted by molar-refractivity contribution is 9.10. The first-order chi connectivity index (χ1) is 8.06. The van der Waals surface area contributed by atoms with Crippen molar-refractivity contribution >= 4 is 37.5 Å². The van der Waals surface area contributed by atoms with E-state index >= 15 is 0 Å². The van der Waals surface area contributed by atoms with Gasteiger partial charge >= 0.3 is 0 Å². The van der Waals surface area contributed by atoms with Crippen molar-refractivity contribution in [3.63, 3.8) is 0 Å². The Morgan fingerprint density at radius 2 is 1.94 bits per heavy atom. The number of hydrogen-bond donors (Lipinski definition) is 1. The van der Waals surface area contributed by atoms with Crippen LogP contribution < -0.4 is 10.5 Å². The molecule has 17 heavy (non-hydrogen) atoms. The van der Waals surface area contributed by atoms with Crippen molar-refractivity contribution in [2.45, 2.75) is 6.92 Å². The van der Waals surface area contributed by atoms with Crippen LogP contribution in [-0.4, -0.2) is 4.98 Å². The number of pyridine rings is 1. The molecule has 0 amide bonds. The van der Waals surface area contributed by atoms with Gasteiger partial charge in [-0.1, -0.05) is 0 Å². The second kappa shape index (κ2) is 5.06. The standard InChI is InChI=1S/C12H10Br2N2O/c1-7-2-12(10(14)4-11(7)15)17-9-3-8(13)5-16-6-9/h2-6H,15H2,1H3. The third-order valence-corrected chi connectivity index (χ3v) is 3.28. The summed E-state index contributed by atoms with van der Waals surface area (Å²) in [6.45, 7) is 1.94. The van der Waals surface area contributed by atoms with Crippen molar-refractivity contribution in [3.05, 3.63) is 45.1 Å². The number of rotatable bonds is 2. The zero-order valence-corrected chi connectivity index (χ0v) is 12.2. The highest BCUT2D eigenvalue weighted by atomic mass is 79.9. The molecule has 0 saturated carbocycles. The average molecular weight is 358 g/mol. The minimum absolute atomic E-state index is 0.671. The number of anilines is 1.